The molecular formula is C12H13ClN2O4S. The molecule has 0 spiro atoms. The second-order valence-electron chi connectivity index (χ2n) is 4.77. The number of carboxylic acids is 1. The molecule has 8 heteroatoms. The van der Waals surface area contributed by atoms with Crippen LogP contribution in [0.5, 0.6) is 0 Å². The summed E-state index contributed by atoms with van der Waals surface area (Å²) < 4.78 is 26.4. The molecule has 0 saturated heterocycles. The van der Waals surface area contributed by atoms with Gasteiger partial charge in [-0.25, -0.2) is 13.1 Å². The Balaban J connectivity index is 3.07. The van der Waals surface area contributed by atoms with Gasteiger partial charge >= 0.3 is 5.97 Å². The van der Waals surface area contributed by atoms with E-state index in [2.05, 4.69) is 4.72 Å². The van der Waals surface area contributed by atoms with Crippen LogP contribution in [0.25, 0.3) is 0 Å². The summed E-state index contributed by atoms with van der Waals surface area (Å²) in [5.74, 6) is -1.13. The first-order valence-electron chi connectivity index (χ1n) is 5.53. The number of nitrogens with zero attached hydrogens (tertiary/aromatic N) is 1. The first-order valence-corrected chi connectivity index (χ1v) is 7.39. The fourth-order valence-electron chi connectivity index (χ4n) is 1.21. The molecule has 0 saturated carbocycles. The second kappa shape index (κ2) is 5.79. The summed E-state index contributed by atoms with van der Waals surface area (Å²) in [6.45, 7) is 2.49. The molecule has 0 aliphatic heterocycles. The number of halogens is 1. The zero-order valence-corrected chi connectivity index (χ0v) is 12.4. The van der Waals surface area contributed by atoms with Crippen molar-refractivity contribution in [1.29, 1.82) is 5.26 Å². The highest BCUT2D eigenvalue weighted by molar-refractivity contribution is 7.89. The van der Waals surface area contributed by atoms with E-state index in [-0.39, 0.29) is 22.0 Å². The second-order valence-corrected chi connectivity index (χ2v) is 6.91. The third-order valence-electron chi connectivity index (χ3n) is 2.63. The number of benzene rings is 1. The van der Waals surface area contributed by atoms with E-state index < -0.39 is 21.4 Å². The van der Waals surface area contributed by atoms with Crippen molar-refractivity contribution in [2.75, 3.05) is 6.54 Å². The van der Waals surface area contributed by atoms with Gasteiger partial charge < -0.3 is 5.11 Å². The number of aliphatic carboxylic acids is 1. The quantitative estimate of drug-likeness (QED) is 0.858. The Morgan fingerprint density at radius 2 is 2.10 bits per heavy atom. The number of carboxylic acid groups (broad SMARTS) is 1. The summed E-state index contributed by atoms with van der Waals surface area (Å²) in [6, 6.07) is 5.64. The molecule has 6 nitrogen and oxygen atoms in total. The third kappa shape index (κ3) is 3.70. The van der Waals surface area contributed by atoms with Gasteiger partial charge in [0.1, 0.15) is 4.90 Å². The van der Waals surface area contributed by atoms with Gasteiger partial charge in [0.25, 0.3) is 0 Å². The molecule has 1 aromatic rings. The van der Waals surface area contributed by atoms with Crippen molar-refractivity contribution in [2.24, 2.45) is 5.41 Å². The van der Waals surface area contributed by atoms with Crippen LogP contribution in [0, 0.1) is 16.7 Å². The van der Waals surface area contributed by atoms with Crippen LogP contribution in [-0.4, -0.2) is 26.0 Å². The minimum absolute atomic E-state index is 0.0374. The Labute approximate surface area is 122 Å². The van der Waals surface area contributed by atoms with Crippen LogP contribution in [0.15, 0.2) is 23.1 Å². The molecular weight excluding hydrogens is 304 g/mol. The van der Waals surface area contributed by atoms with Gasteiger partial charge in [-0.05, 0) is 32.0 Å². The van der Waals surface area contributed by atoms with Gasteiger partial charge in [0.05, 0.1) is 22.1 Å². The lowest BCUT2D eigenvalue weighted by atomic mass is 9.95. The summed E-state index contributed by atoms with van der Waals surface area (Å²) in [4.78, 5) is 10.7. The highest BCUT2D eigenvalue weighted by atomic mass is 35.5. The van der Waals surface area contributed by atoms with Crippen LogP contribution in [0.2, 0.25) is 5.02 Å². The van der Waals surface area contributed by atoms with E-state index in [0.29, 0.717) is 0 Å². The Hall–Kier alpha value is -1.62. The maximum atomic E-state index is 12.1. The zero-order valence-electron chi connectivity index (χ0n) is 10.8. The van der Waals surface area contributed by atoms with Crippen molar-refractivity contribution in [3.8, 4) is 6.07 Å². The average molecular weight is 317 g/mol. The van der Waals surface area contributed by atoms with Crippen LogP contribution in [0.1, 0.15) is 19.4 Å². The van der Waals surface area contributed by atoms with E-state index in [0.717, 1.165) is 6.07 Å². The first-order chi connectivity index (χ1) is 9.10. The molecule has 0 aromatic heterocycles. The number of hydrogen-bond donors (Lipinski definition) is 2. The Morgan fingerprint density at radius 3 is 2.60 bits per heavy atom. The lowest BCUT2D eigenvalue weighted by Gasteiger charge is -2.19. The summed E-state index contributed by atoms with van der Waals surface area (Å²) >= 11 is 5.81. The van der Waals surface area contributed by atoms with Crippen LogP contribution >= 0.6 is 11.6 Å². The molecule has 1 rings (SSSR count). The predicted octanol–water partition coefficient (Wildman–Crippen LogP) is 1.60. The molecule has 1 aromatic carbocycles. The number of rotatable bonds is 5. The molecule has 0 aliphatic carbocycles. The lowest BCUT2D eigenvalue weighted by molar-refractivity contribution is -0.146. The molecule has 0 bridgehead atoms. The fraction of sp³-hybridized carbons (Fsp3) is 0.333. The average Bonchev–Trinajstić information content (AvgIpc) is 2.37. The van der Waals surface area contributed by atoms with Crippen LogP contribution in [0.4, 0.5) is 0 Å². The van der Waals surface area contributed by atoms with Crippen molar-refractivity contribution in [1.82, 2.24) is 4.72 Å². The van der Waals surface area contributed by atoms with E-state index in [9.17, 15) is 13.2 Å². The van der Waals surface area contributed by atoms with Crippen LogP contribution in [0.3, 0.4) is 0 Å². The van der Waals surface area contributed by atoms with E-state index in [1.165, 1.54) is 26.0 Å². The molecule has 0 radical (unpaired) electrons. The number of nitrogens with one attached hydrogen (secondary N) is 1. The minimum Gasteiger partial charge on any atom is -0.481 e. The standard InChI is InChI=1S/C12H13ClN2O4S/c1-12(2,11(16)17)7-15-20(18,19)10-5-8(6-14)3-4-9(10)13/h3-5,15H,7H2,1-2H3,(H,16,17). The Morgan fingerprint density at radius 1 is 1.50 bits per heavy atom. The fourth-order valence-corrected chi connectivity index (χ4v) is 2.94. The summed E-state index contributed by atoms with van der Waals surface area (Å²) in [5.41, 5.74) is -1.11. The van der Waals surface area contributed by atoms with Gasteiger partial charge in [-0.1, -0.05) is 11.6 Å². The monoisotopic (exact) mass is 316 g/mol. The molecule has 0 heterocycles. The van der Waals surface area contributed by atoms with Gasteiger partial charge in [0, 0.05) is 6.54 Å². The van der Waals surface area contributed by atoms with Gasteiger partial charge in [-0.2, -0.15) is 5.26 Å². The van der Waals surface area contributed by atoms with E-state index in [1.54, 1.807) is 0 Å². The summed E-state index contributed by atoms with van der Waals surface area (Å²) in [7, 11) is -3.99. The lowest BCUT2D eigenvalue weighted by Crippen LogP contribution is -2.38. The van der Waals surface area contributed by atoms with Crippen molar-refractivity contribution in [3.05, 3.63) is 28.8 Å². The molecule has 2 N–H and O–H groups in total. The number of hydrogen-bond acceptors (Lipinski definition) is 4. The maximum Gasteiger partial charge on any atom is 0.310 e. The van der Waals surface area contributed by atoms with Crippen LogP contribution < -0.4 is 4.72 Å². The van der Waals surface area contributed by atoms with E-state index in [4.69, 9.17) is 22.0 Å². The van der Waals surface area contributed by atoms with Gasteiger partial charge in [-0.15, -0.1) is 0 Å². The normalized spacial score (nSPS) is 11.9. The molecule has 0 atom stereocenters. The molecule has 0 amide bonds. The minimum atomic E-state index is -3.99. The highest BCUT2D eigenvalue weighted by Crippen LogP contribution is 2.23. The zero-order chi connectivity index (χ0) is 15.6. The van der Waals surface area contributed by atoms with Gasteiger partial charge in [0.15, 0.2) is 0 Å². The highest BCUT2D eigenvalue weighted by Gasteiger charge is 2.30. The SMILES string of the molecule is CC(C)(CNS(=O)(=O)c1cc(C#N)ccc1Cl)C(=O)O. The number of sulfonamides is 1. The summed E-state index contributed by atoms with van der Waals surface area (Å²) in [6.07, 6.45) is 0. The van der Waals surface area contributed by atoms with Crippen molar-refractivity contribution < 1.29 is 18.3 Å². The maximum absolute atomic E-state index is 12.1. The Kier molecular flexibility index (Phi) is 4.76. The van der Waals surface area contributed by atoms with Crippen molar-refractivity contribution >= 4 is 27.6 Å². The van der Waals surface area contributed by atoms with Crippen molar-refractivity contribution in [3.63, 3.8) is 0 Å². The van der Waals surface area contributed by atoms with Crippen LogP contribution in [-0.2, 0) is 14.8 Å². The molecule has 0 unspecified atom stereocenters. The molecule has 0 fully saturated rings. The summed E-state index contributed by atoms with van der Waals surface area (Å²) in [5, 5.41) is 17.7. The third-order valence-corrected chi connectivity index (χ3v) is 4.52. The Bertz CT molecular complexity index is 677. The number of carbonyl (C=O) groups is 1. The predicted molar refractivity (Wildman–Crippen MR) is 72.8 cm³/mol. The van der Waals surface area contributed by atoms with E-state index >= 15 is 0 Å². The van der Waals surface area contributed by atoms with Crippen molar-refractivity contribution in [2.45, 2.75) is 18.7 Å². The van der Waals surface area contributed by atoms with Gasteiger partial charge in [0.2, 0.25) is 10.0 Å². The molecule has 108 valence electrons. The topological polar surface area (TPSA) is 107 Å². The largest absolute Gasteiger partial charge is 0.481 e. The molecule has 20 heavy (non-hydrogen) atoms. The van der Waals surface area contributed by atoms with E-state index in [1.807, 2.05) is 6.07 Å². The number of nitriles is 1. The first kappa shape index (κ1) is 16.4. The molecule has 0 aliphatic rings. The van der Waals surface area contributed by atoms with Gasteiger partial charge in [-0.3, -0.25) is 4.79 Å². The smallest absolute Gasteiger partial charge is 0.310 e.